The number of hydrogen-bond acceptors (Lipinski definition) is 12. The van der Waals surface area contributed by atoms with Crippen molar-refractivity contribution >= 4 is 46.3 Å². The van der Waals surface area contributed by atoms with Crippen LogP contribution in [-0.2, 0) is 39.9 Å². The van der Waals surface area contributed by atoms with Crippen molar-refractivity contribution in [2.24, 2.45) is 28.6 Å². The minimum Gasteiger partial charge on any atom is -0.393 e. The predicted molar refractivity (Wildman–Crippen MR) is 212 cm³/mol. The number of nitrogens with one attached hydrogen (secondary N) is 3. The van der Waals surface area contributed by atoms with Crippen molar-refractivity contribution in [2.45, 2.75) is 109 Å². The van der Waals surface area contributed by atoms with Crippen LogP contribution >= 0.6 is 11.3 Å². The summed E-state index contributed by atoms with van der Waals surface area (Å²) in [5, 5.41) is 48.9. The second kappa shape index (κ2) is 16.5. The number of fused-ring (bicyclic) bond motifs is 7. The zero-order chi connectivity index (χ0) is 41.6. The van der Waals surface area contributed by atoms with Crippen molar-refractivity contribution in [3.63, 3.8) is 0 Å². The average Bonchev–Trinajstić information content (AvgIpc) is 3.88. The minimum atomic E-state index is -1.67. The molecule has 1 saturated heterocycles. The first-order chi connectivity index (χ1) is 27.6. The second-order valence-electron chi connectivity index (χ2n) is 16.8. The first-order valence-electron chi connectivity index (χ1n) is 20.1. The number of rotatable bonds is 14. The highest BCUT2D eigenvalue weighted by molar-refractivity contribution is 7.12. The number of carbonyl (C=O) groups is 5. The molecule has 0 unspecified atom stereocenters. The van der Waals surface area contributed by atoms with E-state index in [-0.39, 0.29) is 61.7 Å². The number of ether oxygens (including phenoxy) is 2. The molecule has 3 saturated carbocycles. The molecular formula is C43H53N3O11S. The van der Waals surface area contributed by atoms with Gasteiger partial charge in [0.1, 0.15) is 12.6 Å². The highest BCUT2D eigenvalue weighted by Crippen LogP contribution is 2.70. The van der Waals surface area contributed by atoms with E-state index in [1.54, 1.807) is 37.3 Å². The fourth-order valence-electron chi connectivity index (χ4n) is 10.8. The Morgan fingerprint density at radius 3 is 2.60 bits per heavy atom. The Bertz CT molecular complexity index is 2010. The summed E-state index contributed by atoms with van der Waals surface area (Å²) < 4.78 is 13.4. The Balaban J connectivity index is 1.04. The first kappa shape index (κ1) is 42.0. The molecule has 2 aromatic rings. The number of aliphatic hydroxyl groups excluding tert-OH is 3. The predicted octanol–water partition coefficient (Wildman–Crippen LogP) is 2.98. The lowest BCUT2D eigenvalue weighted by Gasteiger charge is -2.59. The molecule has 1 aromatic carbocycles. The van der Waals surface area contributed by atoms with Gasteiger partial charge in [-0.15, -0.1) is 11.3 Å². The van der Waals surface area contributed by atoms with E-state index in [1.165, 1.54) is 11.3 Å². The van der Waals surface area contributed by atoms with Gasteiger partial charge in [0.25, 0.3) is 0 Å². The van der Waals surface area contributed by atoms with E-state index < -0.39 is 71.5 Å². The van der Waals surface area contributed by atoms with Crippen LogP contribution in [0.25, 0.3) is 0 Å². The monoisotopic (exact) mass is 819 g/mol. The molecule has 0 spiro atoms. The molecule has 4 aliphatic carbocycles. The molecule has 5 aliphatic rings. The van der Waals surface area contributed by atoms with Crippen LogP contribution in [0.1, 0.15) is 87.3 Å². The summed E-state index contributed by atoms with van der Waals surface area (Å²) in [6.45, 7) is 4.72. The van der Waals surface area contributed by atoms with Crippen LogP contribution in [0.3, 0.4) is 0 Å². The van der Waals surface area contributed by atoms with Gasteiger partial charge in [-0.25, -0.2) is 0 Å². The Kier molecular flexibility index (Phi) is 12.0. The molecule has 7 rings (SSSR count). The Labute approximate surface area is 341 Å². The number of thiophene rings is 1. The molecule has 4 fully saturated rings. The van der Waals surface area contributed by atoms with E-state index in [4.69, 9.17) is 9.47 Å². The fourth-order valence-corrected chi connectivity index (χ4v) is 11.8. The number of carbonyl (C=O) groups excluding carboxylic acids is 5. The number of amides is 3. The quantitative estimate of drug-likeness (QED) is 0.137. The van der Waals surface area contributed by atoms with E-state index in [1.807, 2.05) is 31.2 Å². The van der Waals surface area contributed by atoms with Gasteiger partial charge in [0, 0.05) is 46.6 Å². The largest absolute Gasteiger partial charge is 0.393 e. The van der Waals surface area contributed by atoms with Crippen LogP contribution in [0.15, 0.2) is 60.2 Å². The van der Waals surface area contributed by atoms with Crippen LogP contribution in [0.2, 0.25) is 0 Å². The summed E-state index contributed by atoms with van der Waals surface area (Å²) in [6.07, 6.45) is 4.15. The molecule has 312 valence electrons. The van der Waals surface area contributed by atoms with E-state index >= 15 is 0 Å². The van der Waals surface area contributed by atoms with E-state index in [2.05, 4.69) is 22.9 Å². The van der Waals surface area contributed by atoms with Crippen LogP contribution in [-0.4, -0.2) is 93.0 Å². The van der Waals surface area contributed by atoms with Gasteiger partial charge in [-0.1, -0.05) is 44.6 Å². The smallest absolute Gasteiger partial charge is 0.246 e. The van der Waals surface area contributed by atoms with Crippen molar-refractivity contribution in [3.05, 3.63) is 75.5 Å². The summed E-state index contributed by atoms with van der Waals surface area (Å²) in [4.78, 5) is 65.2. The zero-order valence-corrected chi connectivity index (χ0v) is 33.8. The van der Waals surface area contributed by atoms with Crippen molar-refractivity contribution in [2.75, 3.05) is 18.5 Å². The molecule has 10 atom stereocenters. The van der Waals surface area contributed by atoms with Crippen molar-refractivity contribution in [3.8, 4) is 0 Å². The highest BCUT2D eigenvalue weighted by Gasteiger charge is 2.76. The maximum Gasteiger partial charge on any atom is 0.246 e. The molecule has 15 heteroatoms. The van der Waals surface area contributed by atoms with Crippen LogP contribution < -0.4 is 16.0 Å². The van der Waals surface area contributed by atoms with Gasteiger partial charge < -0.3 is 45.9 Å². The Morgan fingerprint density at radius 2 is 1.86 bits per heavy atom. The van der Waals surface area contributed by atoms with Gasteiger partial charge in [-0.2, -0.15) is 0 Å². The first-order valence-corrected chi connectivity index (χ1v) is 20.9. The van der Waals surface area contributed by atoms with Crippen LogP contribution in [0, 0.1) is 28.6 Å². The molecular weight excluding hydrogens is 767 g/mol. The molecule has 3 amide bonds. The number of benzene rings is 1. The topological polar surface area (TPSA) is 221 Å². The summed E-state index contributed by atoms with van der Waals surface area (Å²) in [6, 6.07) is 9.96. The SMILES string of the molecule is CCC(=O)NCC(=O)N[C@@H](CCC(O)O)C(=O)Nc1cccc(Cc2ccc([C@@H]3O[C@@H]4C[C@H]5[C@@H]6CCC7=CC(=O)C=C[C@]7(C)[C@H]6[C@@H](O)C[C@]5(C)[C@]4(C(=O)CO)O3)s2)c1. The minimum absolute atomic E-state index is 0.0142. The summed E-state index contributed by atoms with van der Waals surface area (Å²) >= 11 is 1.46. The highest BCUT2D eigenvalue weighted by atomic mass is 32.1. The molecule has 14 nitrogen and oxygen atoms in total. The van der Waals surface area contributed by atoms with Gasteiger partial charge in [0.05, 0.1) is 23.6 Å². The van der Waals surface area contributed by atoms with Gasteiger partial charge >= 0.3 is 0 Å². The number of allylic oxidation sites excluding steroid dienone is 4. The van der Waals surface area contributed by atoms with E-state index in [0.717, 1.165) is 33.7 Å². The van der Waals surface area contributed by atoms with Crippen molar-refractivity contribution < 1.29 is 53.9 Å². The molecule has 2 heterocycles. The fraction of sp³-hybridized carbons (Fsp3) is 0.558. The second-order valence-corrected chi connectivity index (χ2v) is 18.0. The molecule has 7 N–H and O–H groups in total. The molecule has 0 radical (unpaired) electrons. The van der Waals surface area contributed by atoms with E-state index in [0.29, 0.717) is 18.5 Å². The maximum absolute atomic E-state index is 14.0. The third-order valence-corrected chi connectivity index (χ3v) is 14.5. The number of anilines is 1. The summed E-state index contributed by atoms with van der Waals surface area (Å²) in [7, 11) is 0. The molecule has 0 bridgehead atoms. The average molecular weight is 820 g/mol. The molecule has 1 aromatic heterocycles. The Hall–Kier alpha value is -4.09. The third-order valence-electron chi connectivity index (χ3n) is 13.4. The standard InChI is InChI=1S/C43H53N3O11S/c1-4-35(51)44-21-36(52)46-30(11-13-37(53)54)39(55)45-25-7-5-6-23(16-25)17-27-9-12-32(58-27)40-56-34-19-29-28-10-8-24-18-26(48)14-15-41(24,2)38(28)31(49)20-42(29,3)43(34,57-40)33(50)22-47/h5-7,9,12,14-16,18,28-31,34,37-38,40,47,49,53-54H,4,8,10-11,13,17,19-22H2,1-3H3,(H,44,51)(H,45,55)(H,46,52)/t28-,29-,30-,31-,34+,38+,40+,41-,42-,43+/m0/s1. The maximum atomic E-state index is 14.0. The molecule has 1 aliphatic heterocycles. The number of ketones is 2. The third kappa shape index (κ3) is 7.62. The lowest BCUT2D eigenvalue weighted by atomic mass is 9.46. The lowest BCUT2D eigenvalue weighted by Crippen LogP contribution is -2.63. The van der Waals surface area contributed by atoms with Gasteiger partial charge in [-0.05, 0) is 85.9 Å². The summed E-state index contributed by atoms with van der Waals surface area (Å²) in [5.41, 5.74) is -0.351. The van der Waals surface area contributed by atoms with Crippen LogP contribution in [0.4, 0.5) is 5.69 Å². The van der Waals surface area contributed by atoms with Gasteiger partial charge in [-0.3, -0.25) is 24.0 Å². The lowest BCUT2D eigenvalue weighted by molar-refractivity contribution is -0.200. The van der Waals surface area contributed by atoms with Crippen molar-refractivity contribution in [1.82, 2.24) is 10.6 Å². The number of Topliss-reactive ketones (excluding diaryl/α,β-unsaturated/α-hetero) is 1. The van der Waals surface area contributed by atoms with Gasteiger partial charge in [0.2, 0.25) is 17.7 Å². The van der Waals surface area contributed by atoms with Crippen molar-refractivity contribution in [1.29, 1.82) is 0 Å². The van der Waals surface area contributed by atoms with Crippen LogP contribution in [0.5, 0.6) is 0 Å². The summed E-state index contributed by atoms with van der Waals surface area (Å²) in [5.74, 6) is -2.04. The number of hydrogen-bond donors (Lipinski definition) is 7. The molecule has 58 heavy (non-hydrogen) atoms. The normalized spacial score (nSPS) is 32.7. The van der Waals surface area contributed by atoms with Gasteiger partial charge in [0.15, 0.2) is 29.7 Å². The van der Waals surface area contributed by atoms with E-state index in [9.17, 15) is 44.4 Å². The number of aliphatic hydroxyl groups is 4. The zero-order valence-electron chi connectivity index (χ0n) is 32.9. The Morgan fingerprint density at radius 1 is 1.07 bits per heavy atom.